The van der Waals surface area contributed by atoms with E-state index in [9.17, 15) is 18.0 Å². The maximum Gasteiger partial charge on any atom is 0.417 e. The maximum atomic E-state index is 15.1. The van der Waals surface area contributed by atoms with E-state index in [0.717, 1.165) is 17.3 Å². The van der Waals surface area contributed by atoms with Crippen LogP contribution in [0.25, 0.3) is 22.5 Å². The summed E-state index contributed by atoms with van der Waals surface area (Å²) in [6.07, 6.45) is -2.79. The number of hydrogen-bond acceptors (Lipinski definition) is 4. The van der Waals surface area contributed by atoms with Gasteiger partial charge in [0.15, 0.2) is 0 Å². The first kappa shape index (κ1) is 24.3. The van der Waals surface area contributed by atoms with Crippen molar-refractivity contribution in [3.8, 4) is 22.5 Å². The number of rotatable bonds is 4. The SMILES string of the molecule is Cn1ccc(-c2cc(Nc3cc4c(nc3-c3ccccc3)CCN(C(N)=O)C4)c(F)cc2C(F)(F)F)n1. The smallest absolute Gasteiger partial charge is 0.351 e. The number of carbonyl (C=O) groups is 1. The molecular formula is C26H22F4N6O. The minimum atomic E-state index is -4.78. The van der Waals surface area contributed by atoms with Crippen LogP contribution in [0.3, 0.4) is 0 Å². The van der Waals surface area contributed by atoms with Gasteiger partial charge in [-0.2, -0.15) is 18.3 Å². The molecule has 0 bridgehead atoms. The summed E-state index contributed by atoms with van der Waals surface area (Å²) in [6, 6.07) is 13.3. The fourth-order valence-corrected chi connectivity index (χ4v) is 4.39. The largest absolute Gasteiger partial charge is 0.417 e. The lowest BCUT2D eigenvalue weighted by atomic mass is 10.00. The number of benzene rings is 2. The maximum absolute atomic E-state index is 15.1. The molecule has 2 aromatic heterocycles. The van der Waals surface area contributed by atoms with Crippen molar-refractivity contribution in [1.29, 1.82) is 0 Å². The van der Waals surface area contributed by atoms with Gasteiger partial charge in [0.2, 0.25) is 0 Å². The van der Waals surface area contributed by atoms with Crippen molar-refractivity contribution < 1.29 is 22.4 Å². The highest BCUT2D eigenvalue weighted by Gasteiger charge is 2.35. The molecule has 0 unspecified atom stereocenters. The zero-order valence-electron chi connectivity index (χ0n) is 19.7. The number of pyridine rings is 1. The van der Waals surface area contributed by atoms with E-state index in [1.54, 1.807) is 13.1 Å². The average molecular weight is 510 g/mol. The van der Waals surface area contributed by atoms with Crippen molar-refractivity contribution in [1.82, 2.24) is 19.7 Å². The van der Waals surface area contributed by atoms with Crippen molar-refractivity contribution in [2.75, 3.05) is 11.9 Å². The zero-order valence-corrected chi connectivity index (χ0v) is 19.7. The number of amides is 2. The van der Waals surface area contributed by atoms with Crippen LogP contribution in [0.1, 0.15) is 16.8 Å². The number of anilines is 2. The molecule has 0 spiro atoms. The number of nitrogens with zero attached hydrogens (tertiary/aromatic N) is 4. The van der Waals surface area contributed by atoms with E-state index in [4.69, 9.17) is 10.7 Å². The summed E-state index contributed by atoms with van der Waals surface area (Å²) in [5, 5.41) is 7.04. The van der Waals surface area contributed by atoms with Gasteiger partial charge in [-0.3, -0.25) is 9.67 Å². The van der Waals surface area contributed by atoms with Crippen molar-refractivity contribution in [3.63, 3.8) is 0 Å². The van der Waals surface area contributed by atoms with E-state index in [0.29, 0.717) is 36.0 Å². The molecule has 0 aliphatic carbocycles. The first-order chi connectivity index (χ1) is 17.6. The summed E-state index contributed by atoms with van der Waals surface area (Å²) < 4.78 is 57.8. The van der Waals surface area contributed by atoms with Crippen molar-refractivity contribution >= 4 is 17.4 Å². The molecule has 2 aromatic carbocycles. The molecule has 3 heterocycles. The summed E-state index contributed by atoms with van der Waals surface area (Å²) >= 11 is 0. The third kappa shape index (κ3) is 4.84. The van der Waals surface area contributed by atoms with Crippen LogP contribution in [0.4, 0.5) is 33.7 Å². The number of fused-ring (bicyclic) bond motifs is 1. The first-order valence-electron chi connectivity index (χ1n) is 11.4. The van der Waals surface area contributed by atoms with Crippen LogP contribution in [0, 0.1) is 5.82 Å². The zero-order chi connectivity index (χ0) is 26.3. The molecule has 2 amide bonds. The Morgan fingerprint density at radius 3 is 2.49 bits per heavy atom. The molecule has 1 aliphatic heterocycles. The highest BCUT2D eigenvalue weighted by atomic mass is 19.4. The summed E-state index contributed by atoms with van der Waals surface area (Å²) in [7, 11) is 1.58. The predicted molar refractivity (Wildman–Crippen MR) is 130 cm³/mol. The molecule has 1 aliphatic rings. The molecule has 37 heavy (non-hydrogen) atoms. The second-order valence-corrected chi connectivity index (χ2v) is 8.74. The van der Waals surface area contributed by atoms with Gasteiger partial charge in [0.1, 0.15) is 5.82 Å². The van der Waals surface area contributed by atoms with Gasteiger partial charge >= 0.3 is 12.2 Å². The Hall–Kier alpha value is -4.41. The molecule has 3 N–H and O–H groups in total. The summed E-state index contributed by atoms with van der Waals surface area (Å²) in [5.41, 5.74) is 7.05. The fraction of sp³-hybridized carbons (Fsp3) is 0.192. The first-order valence-corrected chi connectivity index (χ1v) is 11.4. The number of primary amides is 1. The second kappa shape index (κ2) is 9.23. The predicted octanol–water partition coefficient (Wildman–Crippen LogP) is 5.49. The van der Waals surface area contributed by atoms with Gasteiger partial charge in [-0.1, -0.05) is 30.3 Å². The monoisotopic (exact) mass is 510 g/mol. The van der Waals surface area contributed by atoms with E-state index in [1.807, 2.05) is 30.3 Å². The number of urea groups is 1. The Bertz CT molecular complexity index is 1480. The topological polar surface area (TPSA) is 89.1 Å². The van der Waals surface area contributed by atoms with Gasteiger partial charge in [-0.15, -0.1) is 0 Å². The van der Waals surface area contributed by atoms with Crippen LogP contribution in [0.5, 0.6) is 0 Å². The summed E-state index contributed by atoms with van der Waals surface area (Å²) in [6.45, 7) is 0.632. The molecule has 0 radical (unpaired) electrons. The Labute approximate surface area is 209 Å². The fourth-order valence-electron chi connectivity index (χ4n) is 4.39. The summed E-state index contributed by atoms with van der Waals surface area (Å²) in [5.74, 6) is -1.08. The molecule has 7 nitrogen and oxygen atoms in total. The molecule has 11 heteroatoms. The number of halogens is 4. The van der Waals surface area contributed by atoms with Crippen LogP contribution in [-0.4, -0.2) is 32.2 Å². The molecule has 0 saturated heterocycles. The molecular weight excluding hydrogens is 488 g/mol. The van der Waals surface area contributed by atoms with Crippen LogP contribution in [0.2, 0.25) is 0 Å². The van der Waals surface area contributed by atoms with E-state index in [-0.39, 0.29) is 23.5 Å². The number of carbonyl (C=O) groups excluding carboxylic acids is 1. The standard InChI is InChI=1S/C26H22F4N6O/c1-35-9-7-21(34-35)17-12-22(19(27)13-18(17)26(28,29)30)32-23-11-16-14-36(25(31)37)10-8-20(16)33-24(23)15-5-3-2-4-6-15/h2-7,9,11-13,32H,8,10,14H2,1H3,(H2,31,37). The minimum Gasteiger partial charge on any atom is -0.351 e. The van der Waals surface area contributed by atoms with Crippen molar-refractivity contribution in [2.24, 2.45) is 12.8 Å². The lowest BCUT2D eigenvalue weighted by Gasteiger charge is -2.28. The second-order valence-electron chi connectivity index (χ2n) is 8.74. The van der Waals surface area contributed by atoms with E-state index < -0.39 is 23.6 Å². The lowest BCUT2D eigenvalue weighted by Crippen LogP contribution is -2.39. The molecule has 4 aromatic rings. The number of aryl methyl sites for hydroxylation is 1. The minimum absolute atomic E-state index is 0.0572. The Balaban J connectivity index is 1.64. The Morgan fingerprint density at radius 1 is 1.08 bits per heavy atom. The molecule has 5 rings (SSSR count). The third-order valence-corrected chi connectivity index (χ3v) is 6.20. The van der Waals surface area contributed by atoms with Crippen LogP contribution < -0.4 is 11.1 Å². The number of alkyl halides is 3. The average Bonchev–Trinajstić information content (AvgIpc) is 3.30. The summed E-state index contributed by atoms with van der Waals surface area (Å²) in [4.78, 5) is 18.0. The van der Waals surface area contributed by atoms with Gasteiger partial charge in [-0.25, -0.2) is 9.18 Å². The lowest BCUT2D eigenvalue weighted by molar-refractivity contribution is -0.137. The van der Waals surface area contributed by atoms with Gasteiger partial charge in [0.05, 0.1) is 28.3 Å². The van der Waals surface area contributed by atoms with Crippen molar-refractivity contribution in [2.45, 2.75) is 19.1 Å². The molecule has 0 saturated carbocycles. The highest BCUT2D eigenvalue weighted by molar-refractivity contribution is 5.81. The van der Waals surface area contributed by atoms with Crippen LogP contribution in [0.15, 0.2) is 60.8 Å². The normalized spacial score (nSPS) is 13.4. The highest BCUT2D eigenvalue weighted by Crippen LogP contribution is 2.41. The van der Waals surface area contributed by atoms with Crippen molar-refractivity contribution in [3.05, 3.63) is 83.4 Å². The Kier molecular flexibility index (Phi) is 6.06. The van der Waals surface area contributed by atoms with Crippen LogP contribution in [-0.2, 0) is 26.2 Å². The van der Waals surface area contributed by atoms with Gasteiger partial charge < -0.3 is 16.0 Å². The Morgan fingerprint density at radius 2 is 1.84 bits per heavy atom. The number of nitrogens with one attached hydrogen (secondary N) is 1. The molecule has 0 fully saturated rings. The molecule has 190 valence electrons. The van der Waals surface area contributed by atoms with Gasteiger partial charge in [0, 0.05) is 49.6 Å². The number of aromatic nitrogens is 3. The van der Waals surface area contributed by atoms with E-state index in [1.165, 1.54) is 21.8 Å². The van der Waals surface area contributed by atoms with Gasteiger partial charge in [-0.05, 0) is 29.8 Å². The number of hydrogen-bond donors (Lipinski definition) is 2. The molecule has 0 atom stereocenters. The van der Waals surface area contributed by atoms with Crippen LogP contribution >= 0.6 is 0 Å². The number of nitrogens with two attached hydrogens (primary N) is 1. The quantitative estimate of drug-likeness (QED) is 0.356. The van der Waals surface area contributed by atoms with Gasteiger partial charge in [0.25, 0.3) is 0 Å². The van der Waals surface area contributed by atoms with E-state index >= 15 is 4.39 Å². The third-order valence-electron chi connectivity index (χ3n) is 6.20. The van der Waals surface area contributed by atoms with E-state index in [2.05, 4.69) is 10.4 Å².